The number of aryl methyl sites for hydroxylation is 1. The van der Waals surface area contributed by atoms with Crippen LogP contribution < -0.4 is 16.0 Å². The zero-order valence-corrected chi connectivity index (χ0v) is 11.6. The van der Waals surface area contributed by atoms with Crippen LogP contribution in [0, 0.1) is 0 Å². The number of carbonyl (C=O) groups excluding carboxylic acids is 1. The van der Waals surface area contributed by atoms with Gasteiger partial charge in [-0.2, -0.15) is 0 Å². The third-order valence-electron chi connectivity index (χ3n) is 3.47. The summed E-state index contributed by atoms with van der Waals surface area (Å²) in [6, 6.07) is 6.36. The Kier molecular flexibility index (Phi) is 4.80. The van der Waals surface area contributed by atoms with Crippen LogP contribution in [0.25, 0.3) is 0 Å². The van der Waals surface area contributed by atoms with Gasteiger partial charge < -0.3 is 11.1 Å². The standard InChI is InChI=1S/C15H23N3O/c1-2-9-17-15(19)18-10-3-4-13-11-12(7-8-16)5-6-14(13)18/h5-6,11H,2-4,7-10,16H2,1H3,(H,17,19). The summed E-state index contributed by atoms with van der Waals surface area (Å²) in [6.07, 6.45) is 3.93. The van der Waals surface area contributed by atoms with Gasteiger partial charge in [0.25, 0.3) is 0 Å². The molecule has 1 heterocycles. The molecule has 19 heavy (non-hydrogen) atoms. The molecular weight excluding hydrogens is 238 g/mol. The molecule has 3 N–H and O–H groups in total. The van der Waals surface area contributed by atoms with Gasteiger partial charge in [-0.3, -0.25) is 4.90 Å². The maximum atomic E-state index is 12.1. The number of hydrogen-bond donors (Lipinski definition) is 2. The Morgan fingerprint density at radius 3 is 3.05 bits per heavy atom. The van der Waals surface area contributed by atoms with Gasteiger partial charge in [0.15, 0.2) is 0 Å². The van der Waals surface area contributed by atoms with Crippen LogP contribution in [0.2, 0.25) is 0 Å². The van der Waals surface area contributed by atoms with E-state index in [1.807, 2.05) is 4.90 Å². The third kappa shape index (κ3) is 3.26. The van der Waals surface area contributed by atoms with Crippen LogP contribution in [-0.4, -0.2) is 25.7 Å². The molecule has 0 aliphatic carbocycles. The summed E-state index contributed by atoms with van der Waals surface area (Å²) in [5.41, 5.74) is 9.18. The molecule has 104 valence electrons. The third-order valence-corrected chi connectivity index (χ3v) is 3.47. The second-order valence-electron chi connectivity index (χ2n) is 4.99. The van der Waals surface area contributed by atoms with Crippen molar-refractivity contribution >= 4 is 11.7 Å². The maximum Gasteiger partial charge on any atom is 0.321 e. The normalized spacial score (nSPS) is 14.1. The maximum absolute atomic E-state index is 12.1. The van der Waals surface area contributed by atoms with Crippen molar-refractivity contribution in [2.75, 3.05) is 24.5 Å². The molecule has 0 bridgehead atoms. The Morgan fingerprint density at radius 2 is 2.32 bits per heavy atom. The van der Waals surface area contributed by atoms with E-state index < -0.39 is 0 Å². The Bertz CT molecular complexity index is 445. The number of fused-ring (bicyclic) bond motifs is 1. The first-order chi connectivity index (χ1) is 9.26. The van der Waals surface area contributed by atoms with Gasteiger partial charge in [0.1, 0.15) is 0 Å². The average Bonchev–Trinajstić information content (AvgIpc) is 2.44. The molecule has 1 aromatic rings. The van der Waals surface area contributed by atoms with Crippen molar-refractivity contribution < 1.29 is 4.79 Å². The van der Waals surface area contributed by atoms with Gasteiger partial charge in [-0.15, -0.1) is 0 Å². The summed E-state index contributed by atoms with van der Waals surface area (Å²) in [5, 5.41) is 2.95. The molecule has 0 fully saturated rings. The lowest BCUT2D eigenvalue weighted by Crippen LogP contribution is -2.43. The highest BCUT2D eigenvalue weighted by atomic mass is 16.2. The molecule has 0 radical (unpaired) electrons. The molecule has 1 aromatic carbocycles. The van der Waals surface area contributed by atoms with Crippen molar-refractivity contribution in [2.24, 2.45) is 5.73 Å². The lowest BCUT2D eigenvalue weighted by Gasteiger charge is -2.30. The van der Waals surface area contributed by atoms with Crippen LogP contribution in [-0.2, 0) is 12.8 Å². The van der Waals surface area contributed by atoms with E-state index in [1.165, 1.54) is 11.1 Å². The number of nitrogens with two attached hydrogens (primary N) is 1. The molecule has 0 aromatic heterocycles. The molecule has 0 spiro atoms. The molecule has 0 saturated carbocycles. The second kappa shape index (κ2) is 6.57. The topological polar surface area (TPSA) is 58.4 Å². The number of carbonyl (C=O) groups is 1. The Hall–Kier alpha value is -1.55. The fraction of sp³-hybridized carbons (Fsp3) is 0.533. The van der Waals surface area contributed by atoms with Crippen molar-refractivity contribution in [3.63, 3.8) is 0 Å². The van der Waals surface area contributed by atoms with E-state index >= 15 is 0 Å². The van der Waals surface area contributed by atoms with Crippen molar-refractivity contribution in [3.8, 4) is 0 Å². The van der Waals surface area contributed by atoms with Gasteiger partial charge in [0.05, 0.1) is 0 Å². The highest BCUT2D eigenvalue weighted by Gasteiger charge is 2.22. The number of nitrogens with zero attached hydrogens (tertiary/aromatic N) is 1. The molecular formula is C15H23N3O. The van der Waals surface area contributed by atoms with Gasteiger partial charge in [-0.05, 0) is 49.4 Å². The van der Waals surface area contributed by atoms with Crippen LogP contribution in [0.4, 0.5) is 10.5 Å². The molecule has 1 aliphatic heterocycles. The fourth-order valence-electron chi connectivity index (χ4n) is 2.51. The number of anilines is 1. The number of nitrogens with one attached hydrogen (secondary N) is 1. The first-order valence-electron chi connectivity index (χ1n) is 7.13. The molecule has 0 unspecified atom stereocenters. The zero-order valence-electron chi connectivity index (χ0n) is 11.6. The summed E-state index contributed by atoms with van der Waals surface area (Å²) in [4.78, 5) is 14.0. The summed E-state index contributed by atoms with van der Waals surface area (Å²) < 4.78 is 0. The smallest absolute Gasteiger partial charge is 0.321 e. The average molecular weight is 261 g/mol. The minimum absolute atomic E-state index is 0.0226. The number of urea groups is 1. The van der Waals surface area contributed by atoms with E-state index in [1.54, 1.807) is 0 Å². The van der Waals surface area contributed by atoms with Crippen LogP contribution in [0.15, 0.2) is 18.2 Å². The molecule has 4 heteroatoms. The minimum Gasteiger partial charge on any atom is -0.338 e. The lowest BCUT2D eigenvalue weighted by molar-refractivity contribution is 0.246. The molecule has 2 amide bonds. The summed E-state index contributed by atoms with van der Waals surface area (Å²) in [7, 11) is 0. The summed E-state index contributed by atoms with van der Waals surface area (Å²) >= 11 is 0. The van der Waals surface area contributed by atoms with E-state index in [4.69, 9.17) is 5.73 Å². The van der Waals surface area contributed by atoms with E-state index in [2.05, 4.69) is 30.4 Å². The van der Waals surface area contributed by atoms with Crippen molar-refractivity contribution in [1.82, 2.24) is 5.32 Å². The monoisotopic (exact) mass is 261 g/mol. The predicted octanol–water partition coefficient (Wildman–Crippen LogP) is 2.06. The van der Waals surface area contributed by atoms with Crippen LogP contribution in [0.3, 0.4) is 0 Å². The van der Waals surface area contributed by atoms with E-state index in [9.17, 15) is 4.79 Å². The predicted molar refractivity (Wildman–Crippen MR) is 78.6 cm³/mol. The van der Waals surface area contributed by atoms with Crippen LogP contribution >= 0.6 is 0 Å². The van der Waals surface area contributed by atoms with Gasteiger partial charge in [-0.25, -0.2) is 4.79 Å². The van der Waals surface area contributed by atoms with Gasteiger partial charge in [-0.1, -0.05) is 19.1 Å². The minimum atomic E-state index is 0.0226. The molecule has 0 atom stereocenters. The van der Waals surface area contributed by atoms with E-state index in [-0.39, 0.29) is 6.03 Å². The molecule has 0 saturated heterocycles. The fourth-order valence-corrected chi connectivity index (χ4v) is 2.51. The first kappa shape index (κ1) is 13.9. The van der Waals surface area contributed by atoms with Crippen LogP contribution in [0.1, 0.15) is 30.9 Å². The quantitative estimate of drug-likeness (QED) is 0.871. The van der Waals surface area contributed by atoms with E-state index in [0.717, 1.165) is 44.5 Å². The van der Waals surface area contributed by atoms with Crippen molar-refractivity contribution in [1.29, 1.82) is 0 Å². The summed E-state index contributed by atoms with van der Waals surface area (Å²) in [6.45, 7) is 4.26. The number of hydrogen-bond acceptors (Lipinski definition) is 2. The Balaban J connectivity index is 2.17. The Morgan fingerprint density at radius 1 is 1.47 bits per heavy atom. The highest BCUT2D eigenvalue weighted by molar-refractivity contribution is 5.93. The first-order valence-corrected chi connectivity index (χ1v) is 7.13. The molecule has 4 nitrogen and oxygen atoms in total. The highest BCUT2D eigenvalue weighted by Crippen LogP contribution is 2.28. The number of benzene rings is 1. The Labute approximate surface area is 115 Å². The second-order valence-corrected chi connectivity index (χ2v) is 4.99. The van der Waals surface area contributed by atoms with Crippen molar-refractivity contribution in [2.45, 2.75) is 32.6 Å². The van der Waals surface area contributed by atoms with Crippen molar-refractivity contribution in [3.05, 3.63) is 29.3 Å². The van der Waals surface area contributed by atoms with Gasteiger partial charge in [0.2, 0.25) is 0 Å². The van der Waals surface area contributed by atoms with Crippen LogP contribution in [0.5, 0.6) is 0 Å². The number of amides is 2. The molecule has 1 aliphatic rings. The molecule has 2 rings (SSSR count). The summed E-state index contributed by atoms with van der Waals surface area (Å²) in [5.74, 6) is 0. The SMILES string of the molecule is CCCNC(=O)N1CCCc2cc(CCN)ccc21. The lowest BCUT2D eigenvalue weighted by atomic mass is 9.98. The number of rotatable bonds is 4. The largest absolute Gasteiger partial charge is 0.338 e. The van der Waals surface area contributed by atoms with Gasteiger partial charge >= 0.3 is 6.03 Å². The zero-order chi connectivity index (χ0) is 13.7. The van der Waals surface area contributed by atoms with E-state index in [0.29, 0.717) is 6.54 Å². The van der Waals surface area contributed by atoms with Gasteiger partial charge in [0, 0.05) is 18.8 Å².